The van der Waals surface area contributed by atoms with Crippen LogP contribution < -0.4 is 10.6 Å². The summed E-state index contributed by atoms with van der Waals surface area (Å²) < 4.78 is 32.5. The number of carbonyl (C=O) groups is 2. The summed E-state index contributed by atoms with van der Waals surface area (Å²) in [7, 11) is -4.52. The van der Waals surface area contributed by atoms with Crippen molar-refractivity contribution in [3.8, 4) is 5.75 Å². The van der Waals surface area contributed by atoms with Gasteiger partial charge in [0.15, 0.2) is 0 Å². The van der Waals surface area contributed by atoms with E-state index in [4.69, 9.17) is 0 Å². The lowest BCUT2D eigenvalue weighted by molar-refractivity contribution is -0.114. The van der Waals surface area contributed by atoms with Gasteiger partial charge in [-0.15, -0.1) is 0 Å². The quantitative estimate of drug-likeness (QED) is 0.469. The third-order valence-electron chi connectivity index (χ3n) is 4.65. The maximum atomic E-state index is 12.6. The van der Waals surface area contributed by atoms with Crippen molar-refractivity contribution in [2.45, 2.75) is 25.7 Å². The number of anilines is 2. The molecule has 3 aromatic rings. The lowest BCUT2D eigenvalue weighted by Crippen LogP contribution is -2.13. The Kier molecular flexibility index (Phi) is 5.51. The van der Waals surface area contributed by atoms with Gasteiger partial charge in [-0.25, -0.2) is 0 Å². The summed E-state index contributed by atoms with van der Waals surface area (Å²) in [4.78, 5) is 23.4. The summed E-state index contributed by atoms with van der Waals surface area (Å²) in [5, 5.41) is 16.4. The van der Waals surface area contributed by atoms with Gasteiger partial charge in [0.25, 0.3) is 16.0 Å². The third-order valence-corrected chi connectivity index (χ3v) is 5.63. The minimum Gasteiger partial charge on any atom is -0.507 e. The van der Waals surface area contributed by atoms with Gasteiger partial charge >= 0.3 is 0 Å². The molecule has 0 radical (unpaired) electrons. The van der Waals surface area contributed by atoms with Crippen molar-refractivity contribution < 1.29 is 27.7 Å². The van der Waals surface area contributed by atoms with Gasteiger partial charge in [-0.3, -0.25) is 14.1 Å². The predicted molar refractivity (Wildman–Crippen MR) is 114 cm³/mol. The van der Waals surface area contributed by atoms with E-state index in [-0.39, 0.29) is 17.2 Å². The second-order valence-electron chi connectivity index (χ2n) is 6.92. The zero-order valence-corrected chi connectivity index (χ0v) is 17.3. The average molecular weight is 428 g/mol. The topological polar surface area (TPSA) is 133 Å². The summed E-state index contributed by atoms with van der Waals surface area (Å²) in [6, 6.07) is 10.7. The highest BCUT2D eigenvalue weighted by Crippen LogP contribution is 2.34. The lowest BCUT2D eigenvalue weighted by Gasteiger charge is -2.12. The van der Waals surface area contributed by atoms with Gasteiger partial charge in [0.1, 0.15) is 10.6 Å². The van der Waals surface area contributed by atoms with Crippen LogP contribution >= 0.6 is 0 Å². The van der Waals surface area contributed by atoms with E-state index >= 15 is 0 Å². The summed E-state index contributed by atoms with van der Waals surface area (Å²) >= 11 is 0. The van der Waals surface area contributed by atoms with Gasteiger partial charge in [-0.05, 0) is 67.3 Å². The number of benzene rings is 3. The molecule has 0 heterocycles. The van der Waals surface area contributed by atoms with Crippen LogP contribution in [0, 0.1) is 13.8 Å². The zero-order valence-electron chi connectivity index (χ0n) is 16.5. The largest absolute Gasteiger partial charge is 0.507 e. The molecule has 2 amide bonds. The maximum absolute atomic E-state index is 12.6. The molecule has 4 N–H and O–H groups in total. The van der Waals surface area contributed by atoms with Crippen molar-refractivity contribution in [3.63, 3.8) is 0 Å². The zero-order chi connectivity index (χ0) is 22.2. The van der Waals surface area contributed by atoms with Crippen molar-refractivity contribution in [3.05, 3.63) is 59.2 Å². The molecule has 0 aliphatic rings. The first kappa shape index (κ1) is 21.3. The molecule has 0 unspecified atom stereocenters. The van der Waals surface area contributed by atoms with E-state index in [0.29, 0.717) is 27.7 Å². The highest BCUT2D eigenvalue weighted by molar-refractivity contribution is 7.85. The number of rotatable bonds is 4. The highest BCUT2D eigenvalue weighted by Gasteiger charge is 2.19. The normalized spacial score (nSPS) is 11.3. The minimum atomic E-state index is -4.52. The molecule has 0 aromatic heterocycles. The minimum absolute atomic E-state index is 0.0384. The lowest BCUT2D eigenvalue weighted by atomic mass is 10.0. The predicted octanol–water partition coefficient (Wildman–Crippen LogP) is 3.62. The monoisotopic (exact) mass is 428 g/mol. The number of carbonyl (C=O) groups excluding carboxylic acids is 2. The molecule has 156 valence electrons. The van der Waals surface area contributed by atoms with Crippen molar-refractivity contribution in [1.29, 1.82) is 0 Å². The molecular formula is C21H20N2O6S. The van der Waals surface area contributed by atoms with Crippen LogP contribution in [-0.4, -0.2) is 29.9 Å². The Hall–Kier alpha value is -3.43. The molecule has 0 aliphatic carbocycles. The van der Waals surface area contributed by atoms with Crippen molar-refractivity contribution in [1.82, 2.24) is 0 Å². The molecule has 3 aromatic carbocycles. The fraction of sp³-hybridized carbons (Fsp3) is 0.143. The number of aromatic hydroxyl groups is 1. The number of phenols is 1. The van der Waals surface area contributed by atoms with Gasteiger partial charge in [0.05, 0.1) is 0 Å². The van der Waals surface area contributed by atoms with Crippen molar-refractivity contribution in [2.24, 2.45) is 0 Å². The van der Waals surface area contributed by atoms with E-state index in [1.165, 1.54) is 26.0 Å². The van der Waals surface area contributed by atoms with Gasteiger partial charge < -0.3 is 15.7 Å². The molecule has 0 saturated carbocycles. The smallest absolute Gasteiger partial charge is 0.294 e. The fourth-order valence-electron chi connectivity index (χ4n) is 3.15. The Balaban J connectivity index is 1.94. The van der Waals surface area contributed by atoms with E-state index in [0.717, 1.165) is 5.56 Å². The highest BCUT2D eigenvalue weighted by atomic mass is 32.2. The van der Waals surface area contributed by atoms with Crippen LogP contribution in [0.15, 0.2) is 47.4 Å². The van der Waals surface area contributed by atoms with Gasteiger partial charge in [-0.1, -0.05) is 0 Å². The first-order valence-corrected chi connectivity index (χ1v) is 10.3. The second kappa shape index (κ2) is 7.77. The van der Waals surface area contributed by atoms with E-state index in [1.807, 2.05) is 0 Å². The van der Waals surface area contributed by atoms with Crippen LogP contribution in [-0.2, 0) is 14.9 Å². The van der Waals surface area contributed by atoms with Gasteiger partial charge in [0, 0.05) is 34.8 Å². The van der Waals surface area contributed by atoms with E-state index in [2.05, 4.69) is 10.6 Å². The SMILES string of the molecule is CC(=O)Nc1ccc(C(=O)Nc2ccc3c(O)c(C)c(S(=O)(=O)O)cc3c2)cc1C. The number of nitrogens with one attached hydrogen (secondary N) is 2. The molecule has 8 nitrogen and oxygen atoms in total. The third kappa shape index (κ3) is 4.27. The van der Waals surface area contributed by atoms with Crippen molar-refractivity contribution >= 4 is 44.1 Å². The molecule has 0 saturated heterocycles. The summed E-state index contributed by atoms with van der Waals surface area (Å²) in [6.45, 7) is 4.55. The molecule has 0 fully saturated rings. The molecule has 0 atom stereocenters. The maximum Gasteiger partial charge on any atom is 0.294 e. The molecular weight excluding hydrogens is 408 g/mol. The Morgan fingerprint density at radius 1 is 0.967 bits per heavy atom. The van der Waals surface area contributed by atoms with Crippen LogP contribution in [0.4, 0.5) is 11.4 Å². The second-order valence-corrected chi connectivity index (χ2v) is 8.31. The number of fused-ring (bicyclic) bond motifs is 1. The van der Waals surface area contributed by atoms with E-state index in [1.54, 1.807) is 37.3 Å². The Morgan fingerprint density at radius 2 is 1.67 bits per heavy atom. The number of hydrogen-bond acceptors (Lipinski definition) is 5. The standard InChI is InChI=1S/C21H20N2O6S/c1-11-8-14(4-7-18(11)22-13(3)24)21(26)23-16-5-6-17-15(9-16)10-19(30(27,28)29)12(2)20(17)25/h4-10,25H,1-3H3,(H,22,24)(H,23,26)(H,27,28,29). The number of hydrogen-bond donors (Lipinski definition) is 4. The first-order valence-electron chi connectivity index (χ1n) is 8.91. The number of aryl methyl sites for hydroxylation is 1. The van der Waals surface area contributed by atoms with Gasteiger partial charge in [0.2, 0.25) is 5.91 Å². The van der Waals surface area contributed by atoms with Crippen LogP contribution in [0.1, 0.15) is 28.4 Å². The van der Waals surface area contributed by atoms with Crippen LogP contribution in [0.3, 0.4) is 0 Å². The Labute approximate surface area is 173 Å². The molecule has 3 rings (SSSR count). The number of amides is 2. The van der Waals surface area contributed by atoms with Crippen LogP contribution in [0.2, 0.25) is 0 Å². The molecule has 30 heavy (non-hydrogen) atoms. The molecule has 9 heteroatoms. The first-order chi connectivity index (χ1) is 14.0. The van der Waals surface area contributed by atoms with Crippen molar-refractivity contribution in [2.75, 3.05) is 10.6 Å². The van der Waals surface area contributed by atoms with E-state index in [9.17, 15) is 27.7 Å². The van der Waals surface area contributed by atoms with Crippen LogP contribution in [0.5, 0.6) is 5.75 Å². The summed E-state index contributed by atoms with van der Waals surface area (Å²) in [5.74, 6) is -0.880. The average Bonchev–Trinajstić information content (AvgIpc) is 2.65. The Bertz CT molecular complexity index is 1300. The molecule has 0 aliphatic heterocycles. The van der Waals surface area contributed by atoms with Crippen LogP contribution in [0.25, 0.3) is 10.8 Å². The number of phenolic OH excluding ortho intramolecular Hbond substituents is 1. The Morgan fingerprint density at radius 3 is 2.27 bits per heavy atom. The molecule has 0 bridgehead atoms. The summed E-state index contributed by atoms with van der Waals surface area (Å²) in [5.41, 5.74) is 2.10. The fourth-order valence-corrected chi connectivity index (χ4v) is 3.91. The van der Waals surface area contributed by atoms with E-state index < -0.39 is 20.9 Å². The summed E-state index contributed by atoms with van der Waals surface area (Å²) in [6.07, 6.45) is 0. The molecule has 0 spiro atoms. The van der Waals surface area contributed by atoms with Gasteiger partial charge in [-0.2, -0.15) is 8.42 Å².